The molecule has 0 nitrogen and oxygen atoms in total. The van der Waals surface area contributed by atoms with Crippen LogP contribution in [0.15, 0.2) is 36.4 Å². The van der Waals surface area contributed by atoms with Crippen molar-refractivity contribution in [3.63, 3.8) is 0 Å². The lowest BCUT2D eigenvalue weighted by molar-refractivity contribution is 0.136. The zero-order valence-electron chi connectivity index (χ0n) is 11.2. The van der Waals surface area contributed by atoms with Crippen LogP contribution in [0.2, 0.25) is 0 Å². The van der Waals surface area contributed by atoms with Gasteiger partial charge in [-0.25, -0.2) is 0 Å². The molecule has 8 atom stereocenters. The van der Waals surface area contributed by atoms with E-state index in [1.165, 1.54) is 12.8 Å². The summed E-state index contributed by atoms with van der Waals surface area (Å²) in [4.78, 5) is 0. The minimum atomic E-state index is 0.940. The van der Waals surface area contributed by atoms with Crippen molar-refractivity contribution in [2.45, 2.75) is 25.2 Å². The number of rotatable bonds is 0. The van der Waals surface area contributed by atoms with Gasteiger partial charge in [0, 0.05) is 0 Å². The monoisotopic (exact) mass is 248 g/mol. The lowest BCUT2D eigenvalue weighted by Gasteiger charge is -2.39. The van der Waals surface area contributed by atoms with Gasteiger partial charge in [-0.2, -0.15) is 0 Å². The lowest BCUT2D eigenvalue weighted by atomic mass is 9.65. The third-order valence-corrected chi connectivity index (χ3v) is 7.46. The Morgan fingerprint density at radius 2 is 1.58 bits per heavy atom. The van der Waals surface area contributed by atoms with Crippen molar-refractivity contribution >= 4 is 0 Å². The molecule has 0 saturated heterocycles. The molecule has 0 radical (unpaired) electrons. The molecule has 1 aromatic carbocycles. The molecule has 3 saturated carbocycles. The van der Waals surface area contributed by atoms with E-state index in [1.807, 2.05) is 0 Å². The summed E-state index contributed by atoms with van der Waals surface area (Å²) in [6.45, 7) is 0. The Bertz CT molecular complexity index is 598. The van der Waals surface area contributed by atoms with Gasteiger partial charge in [-0.15, -0.1) is 0 Å². The second-order valence-corrected chi connectivity index (χ2v) is 7.76. The summed E-state index contributed by atoms with van der Waals surface area (Å²) >= 11 is 0. The molecular weight excluding hydrogens is 228 g/mol. The van der Waals surface area contributed by atoms with Crippen LogP contribution >= 0.6 is 0 Å². The van der Waals surface area contributed by atoms with Crippen LogP contribution in [0.3, 0.4) is 0 Å². The Morgan fingerprint density at radius 1 is 0.789 bits per heavy atom. The van der Waals surface area contributed by atoms with Gasteiger partial charge in [0.25, 0.3) is 0 Å². The molecule has 8 unspecified atom stereocenters. The minimum absolute atomic E-state index is 0.940. The van der Waals surface area contributed by atoms with E-state index in [4.69, 9.17) is 0 Å². The molecule has 1 aromatic rings. The van der Waals surface area contributed by atoms with Crippen molar-refractivity contribution < 1.29 is 0 Å². The molecule has 0 N–H and O–H groups in total. The maximum atomic E-state index is 2.57. The van der Waals surface area contributed by atoms with Gasteiger partial charge in [0.1, 0.15) is 0 Å². The summed E-state index contributed by atoms with van der Waals surface area (Å²) in [6.07, 6.45) is 9.61. The van der Waals surface area contributed by atoms with E-state index in [9.17, 15) is 0 Å². The van der Waals surface area contributed by atoms with Gasteiger partial charge in [-0.3, -0.25) is 0 Å². The average molecular weight is 248 g/mol. The number of hydrogen-bond acceptors (Lipinski definition) is 0. The zero-order valence-corrected chi connectivity index (χ0v) is 11.2. The molecule has 6 rings (SSSR count). The molecule has 0 spiro atoms. The zero-order chi connectivity index (χ0) is 12.1. The van der Waals surface area contributed by atoms with Crippen molar-refractivity contribution in [1.29, 1.82) is 0 Å². The third kappa shape index (κ3) is 0.958. The van der Waals surface area contributed by atoms with Crippen LogP contribution in [-0.4, -0.2) is 0 Å². The second kappa shape index (κ2) is 3.00. The van der Waals surface area contributed by atoms with E-state index in [0.29, 0.717) is 0 Å². The summed E-state index contributed by atoms with van der Waals surface area (Å²) < 4.78 is 0. The predicted molar refractivity (Wildman–Crippen MR) is 75.7 cm³/mol. The van der Waals surface area contributed by atoms with Crippen LogP contribution in [-0.2, 0) is 6.42 Å². The molecule has 0 heteroatoms. The topological polar surface area (TPSA) is 0 Å². The first-order chi connectivity index (χ1) is 9.42. The smallest absolute Gasteiger partial charge is 0.00935 e. The Morgan fingerprint density at radius 3 is 2.47 bits per heavy atom. The van der Waals surface area contributed by atoms with E-state index >= 15 is 0 Å². The van der Waals surface area contributed by atoms with Gasteiger partial charge in [0.05, 0.1) is 0 Å². The standard InChI is InChI=1S/C19H20/c1-2-4-13-10(3-1)8-14-15-9-16(19(13)14)18-12-6-5-11(7-12)17(15)18/h1-6,11-12,14-19H,7-9H2. The SMILES string of the molecule is C1=CC2CC1C1C3CC(C4c5ccccc5CC34)C21. The summed E-state index contributed by atoms with van der Waals surface area (Å²) in [5, 5.41) is 0. The fourth-order valence-electron chi connectivity index (χ4n) is 7.20. The predicted octanol–water partition coefficient (Wildman–Crippen LogP) is 4.03. The number of fused-ring (bicyclic) bond motifs is 14. The van der Waals surface area contributed by atoms with Gasteiger partial charge in [-0.1, -0.05) is 36.4 Å². The molecule has 96 valence electrons. The van der Waals surface area contributed by atoms with E-state index in [-0.39, 0.29) is 0 Å². The van der Waals surface area contributed by atoms with E-state index in [1.54, 1.807) is 17.5 Å². The fourth-order valence-corrected chi connectivity index (χ4v) is 7.20. The van der Waals surface area contributed by atoms with Crippen LogP contribution < -0.4 is 0 Å². The summed E-state index contributed by atoms with van der Waals surface area (Å²) in [7, 11) is 0. The fraction of sp³-hybridized carbons (Fsp3) is 0.579. The largest absolute Gasteiger partial charge is 0.0848 e. The molecule has 3 fully saturated rings. The summed E-state index contributed by atoms with van der Waals surface area (Å²) in [5.74, 6) is 8.11. The molecular formula is C19H20. The maximum absolute atomic E-state index is 2.57. The average Bonchev–Trinajstić information content (AvgIpc) is 3.20. The Kier molecular flexibility index (Phi) is 1.55. The number of allylic oxidation sites excluding steroid dienone is 2. The van der Waals surface area contributed by atoms with Crippen LogP contribution in [0.4, 0.5) is 0 Å². The van der Waals surface area contributed by atoms with Gasteiger partial charge in [0.2, 0.25) is 0 Å². The maximum Gasteiger partial charge on any atom is -0.00935 e. The van der Waals surface area contributed by atoms with Gasteiger partial charge in [0.15, 0.2) is 0 Å². The van der Waals surface area contributed by atoms with E-state index in [2.05, 4.69) is 36.4 Å². The van der Waals surface area contributed by atoms with Crippen molar-refractivity contribution in [1.82, 2.24) is 0 Å². The highest BCUT2D eigenvalue weighted by Crippen LogP contribution is 2.72. The molecule has 0 amide bonds. The Balaban J connectivity index is 1.50. The van der Waals surface area contributed by atoms with Crippen molar-refractivity contribution in [2.75, 3.05) is 0 Å². The van der Waals surface area contributed by atoms with E-state index < -0.39 is 0 Å². The van der Waals surface area contributed by atoms with Crippen molar-refractivity contribution in [3.05, 3.63) is 47.5 Å². The van der Waals surface area contributed by atoms with Crippen LogP contribution in [0, 0.1) is 41.4 Å². The van der Waals surface area contributed by atoms with Gasteiger partial charge >= 0.3 is 0 Å². The summed E-state index contributed by atoms with van der Waals surface area (Å²) in [5.41, 5.74) is 3.43. The molecule has 4 bridgehead atoms. The molecule has 5 aliphatic rings. The van der Waals surface area contributed by atoms with Crippen molar-refractivity contribution in [3.8, 4) is 0 Å². The van der Waals surface area contributed by atoms with Gasteiger partial charge in [-0.05, 0) is 77.7 Å². The summed E-state index contributed by atoms with van der Waals surface area (Å²) in [6, 6.07) is 9.35. The molecule has 5 aliphatic carbocycles. The van der Waals surface area contributed by atoms with Gasteiger partial charge < -0.3 is 0 Å². The second-order valence-electron chi connectivity index (χ2n) is 7.76. The first-order valence-electron chi connectivity index (χ1n) is 8.18. The van der Waals surface area contributed by atoms with Crippen LogP contribution in [0.1, 0.15) is 29.9 Å². The quantitative estimate of drug-likeness (QED) is 0.480. The Hall–Kier alpha value is -1.04. The highest BCUT2D eigenvalue weighted by molar-refractivity contribution is 5.41. The Labute approximate surface area is 114 Å². The lowest BCUT2D eigenvalue weighted by Crippen LogP contribution is -2.34. The molecule has 0 aliphatic heterocycles. The highest BCUT2D eigenvalue weighted by Gasteiger charge is 2.65. The highest BCUT2D eigenvalue weighted by atomic mass is 14.7. The molecule has 0 aromatic heterocycles. The third-order valence-electron chi connectivity index (χ3n) is 7.46. The number of benzene rings is 1. The first kappa shape index (κ1) is 9.80. The molecule has 0 heterocycles. The van der Waals surface area contributed by atoms with Crippen LogP contribution in [0.25, 0.3) is 0 Å². The molecule has 19 heavy (non-hydrogen) atoms. The van der Waals surface area contributed by atoms with E-state index in [0.717, 1.165) is 47.3 Å². The number of hydrogen-bond donors (Lipinski definition) is 0. The van der Waals surface area contributed by atoms with Crippen molar-refractivity contribution in [2.24, 2.45) is 41.4 Å². The normalized spacial score (nSPS) is 54.5. The minimum Gasteiger partial charge on any atom is -0.0848 e. The first-order valence-corrected chi connectivity index (χ1v) is 8.18. The van der Waals surface area contributed by atoms with Crippen LogP contribution in [0.5, 0.6) is 0 Å².